The van der Waals surface area contributed by atoms with Crippen LogP contribution in [0.4, 0.5) is 17.1 Å². The zero-order chi connectivity index (χ0) is 38.9. The molecule has 59 heavy (non-hydrogen) atoms. The van der Waals surface area contributed by atoms with E-state index in [1.54, 1.807) is 0 Å². The second-order valence-electron chi connectivity index (χ2n) is 15.3. The van der Waals surface area contributed by atoms with Crippen LogP contribution in [0.5, 0.6) is 0 Å². The van der Waals surface area contributed by atoms with Crippen LogP contribution in [-0.4, -0.2) is 4.57 Å². The molecule has 0 amide bonds. The molecule has 12 rings (SSSR count). The lowest BCUT2D eigenvalue weighted by Crippen LogP contribution is -2.10. The van der Waals surface area contributed by atoms with Crippen LogP contribution in [0.15, 0.2) is 218 Å². The highest BCUT2D eigenvalue weighted by atomic mass is 32.1. The van der Waals surface area contributed by atoms with Crippen LogP contribution in [-0.2, 0) is 0 Å². The predicted molar refractivity (Wildman–Crippen MR) is 254 cm³/mol. The molecule has 0 fully saturated rings. The third-order valence-corrected chi connectivity index (χ3v) is 13.2. The first-order valence-corrected chi connectivity index (χ1v) is 21.0. The molecule has 10 aromatic carbocycles. The summed E-state index contributed by atoms with van der Waals surface area (Å²) in [5.41, 5.74) is 11.8. The lowest BCUT2D eigenvalue weighted by Gasteiger charge is -2.27. The highest BCUT2D eigenvalue weighted by molar-refractivity contribution is 7.26. The van der Waals surface area contributed by atoms with Crippen LogP contribution in [0.25, 0.3) is 91.5 Å². The summed E-state index contributed by atoms with van der Waals surface area (Å²) >= 11 is 1.88. The molecule has 0 atom stereocenters. The Morgan fingerprint density at radius 1 is 0.373 bits per heavy atom. The summed E-state index contributed by atoms with van der Waals surface area (Å²) in [6.07, 6.45) is 0. The van der Waals surface area contributed by atoms with Gasteiger partial charge in [0.25, 0.3) is 0 Å². The van der Waals surface area contributed by atoms with E-state index in [0.29, 0.717) is 0 Å². The summed E-state index contributed by atoms with van der Waals surface area (Å²) in [5, 5.41) is 10.1. The molecule has 0 saturated heterocycles. The van der Waals surface area contributed by atoms with Gasteiger partial charge in [0.15, 0.2) is 0 Å². The maximum Gasteiger partial charge on any atom is 0.0555 e. The van der Waals surface area contributed by atoms with Crippen molar-refractivity contribution >= 4 is 91.9 Å². The highest BCUT2D eigenvalue weighted by Gasteiger charge is 2.22. The van der Waals surface area contributed by atoms with Gasteiger partial charge in [-0.25, -0.2) is 0 Å². The minimum Gasteiger partial charge on any atom is -0.310 e. The molecule has 2 aromatic heterocycles. The van der Waals surface area contributed by atoms with Gasteiger partial charge in [0.1, 0.15) is 0 Å². The van der Waals surface area contributed by atoms with Gasteiger partial charge in [-0.1, -0.05) is 152 Å². The van der Waals surface area contributed by atoms with Crippen molar-refractivity contribution in [2.24, 2.45) is 0 Å². The van der Waals surface area contributed by atoms with Gasteiger partial charge in [-0.05, 0) is 111 Å². The fraction of sp³-hybridized carbons (Fsp3) is 0. The minimum absolute atomic E-state index is 1.12. The molecule has 2 heterocycles. The first-order chi connectivity index (χ1) is 29.3. The van der Waals surface area contributed by atoms with Gasteiger partial charge in [0, 0.05) is 48.0 Å². The van der Waals surface area contributed by atoms with E-state index >= 15 is 0 Å². The maximum atomic E-state index is 2.44. The van der Waals surface area contributed by atoms with Gasteiger partial charge >= 0.3 is 0 Å². The fourth-order valence-corrected chi connectivity index (χ4v) is 10.5. The molecule has 0 radical (unpaired) electrons. The monoisotopic (exact) mass is 768 g/mol. The molecule has 0 saturated carbocycles. The van der Waals surface area contributed by atoms with E-state index in [2.05, 4.69) is 228 Å². The molecular formula is C56H36N2S. The second kappa shape index (κ2) is 13.6. The van der Waals surface area contributed by atoms with E-state index in [1.165, 1.54) is 85.8 Å². The molecule has 0 bridgehead atoms. The van der Waals surface area contributed by atoms with Crippen LogP contribution in [0.1, 0.15) is 0 Å². The van der Waals surface area contributed by atoms with Gasteiger partial charge in [-0.15, -0.1) is 11.3 Å². The van der Waals surface area contributed by atoms with Crippen molar-refractivity contribution in [2.45, 2.75) is 0 Å². The number of thiophene rings is 1. The normalized spacial score (nSPS) is 11.7. The number of hydrogen-bond acceptors (Lipinski definition) is 2. The lowest BCUT2D eigenvalue weighted by atomic mass is 9.96. The van der Waals surface area contributed by atoms with Gasteiger partial charge in [0.2, 0.25) is 0 Å². The number of rotatable bonds is 6. The Hall–Kier alpha value is -7.46. The Morgan fingerprint density at radius 3 is 1.75 bits per heavy atom. The molecule has 0 unspecified atom stereocenters. The Kier molecular flexibility index (Phi) is 7.75. The number of hydrogen-bond donors (Lipinski definition) is 0. The largest absolute Gasteiger partial charge is 0.310 e. The number of benzene rings is 10. The first kappa shape index (κ1) is 33.7. The third kappa shape index (κ3) is 5.47. The van der Waals surface area contributed by atoms with Gasteiger partial charge in [-0.2, -0.15) is 0 Å². The standard InChI is InChI=1S/C56H36N2S/c1-2-15-42(16-3-1)57(44-17-12-14-40(35-44)41-28-27-39-26-25-37-13-4-5-18-45(37)50(39)36-41)53-34-33-46(56-55(53)49-21-8-11-24-54(49)59-56)38-29-31-43(32-30-38)58-51-22-9-6-19-47(51)48-20-7-10-23-52(48)58/h1-36H. The van der Waals surface area contributed by atoms with Crippen molar-refractivity contribution in [2.75, 3.05) is 4.90 Å². The van der Waals surface area contributed by atoms with Gasteiger partial charge in [-0.3, -0.25) is 0 Å². The van der Waals surface area contributed by atoms with E-state index in [4.69, 9.17) is 0 Å². The van der Waals surface area contributed by atoms with E-state index < -0.39 is 0 Å². The smallest absolute Gasteiger partial charge is 0.0555 e. The fourth-order valence-electron chi connectivity index (χ4n) is 9.23. The molecule has 3 heteroatoms. The van der Waals surface area contributed by atoms with Crippen LogP contribution in [0, 0.1) is 0 Å². The number of aromatic nitrogens is 1. The van der Waals surface area contributed by atoms with E-state index in [1.807, 2.05) is 11.3 Å². The summed E-state index contributed by atoms with van der Waals surface area (Å²) in [4.78, 5) is 2.44. The number of anilines is 3. The van der Waals surface area contributed by atoms with Crippen molar-refractivity contribution in [3.63, 3.8) is 0 Å². The topological polar surface area (TPSA) is 8.17 Å². The van der Waals surface area contributed by atoms with E-state index in [-0.39, 0.29) is 0 Å². The average Bonchev–Trinajstić information content (AvgIpc) is 3.86. The molecule has 0 aliphatic carbocycles. The summed E-state index contributed by atoms with van der Waals surface area (Å²) < 4.78 is 4.95. The number of para-hydroxylation sites is 3. The van der Waals surface area contributed by atoms with Crippen molar-refractivity contribution in [3.05, 3.63) is 218 Å². The molecule has 0 aliphatic heterocycles. The van der Waals surface area contributed by atoms with E-state index in [0.717, 1.165) is 22.7 Å². The summed E-state index contributed by atoms with van der Waals surface area (Å²) in [7, 11) is 0. The third-order valence-electron chi connectivity index (χ3n) is 12.0. The van der Waals surface area contributed by atoms with Crippen LogP contribution >= 0.6 is 11.3 Å². The summed E-state index contributed by atoms with van der Waals surface area (Å²) in [6, 6.07) is 79.9. The van der Waals surface area contributed by atoms with Gasteiger partial charge in [0.05, 0.1) is 16.7 Å². The Labute approximate surface area is 346 Å². The van der Waals surface area contributed by atoms with Crippen molar-refractivity contribution in [1.82, 2.24) is 4.57 Å². The molecule has 12 aromatic rings. The first-order valence-electron chi connectivity index (χ1n) is 20.2. The molecule has 0 N–H and O–H groups in total. The lowest BCUT2D eigenvalue weighted by molar-refractivity contribution is 1.18. The quantitative estimate of drug-likeness (QED) is 0.153. The minimum atomic E-state index is 1.12. The van der Waals surface area contributed by atoms with Crippen LogP contribution in [0.3, 0.4) is 0 Å². The predicted octanol–water partition coefficient (Wildman–Crippen LogP) is 16.3. The summed E-state index contributed by atoms with van der Waals surface area (Å²) in [6.45, 7) is 0. The van der Waals surface area contributed by atoms with Crippen molar-refractivity contribution in [3.8, 4) is 27.9 Å². The molecular weight excluding hydrogens is 733 g/mol. The molecule has 276 valence electrons. The SMILES string of the molecule is c1ccc(N(c2cccc(-c3ccc4ccc5ccccc5c4c3)c2)c2ccc(-c3ccc(-n4c5ccccc5c5ccccc54)cc3)c3sc4ccccc4c23)cc1. The van der Waals surface area contributed by atoms with Crippen LogP contribution in [0.2, 0.25) is 0 Å². The zero-order valence-electron chi connectivity index (χ0n) is 32.1. The van der Waals surface area contributed by atoms with Crippen molar-refractivity contribution < 1.29 is 0 Å². The van der Waals surface area contributed by atoms with Crippen LogP contribution < -0.4 is 4.90 Å². The zero-order valence-corrected chi connectivity index (χ0v) is 32.9. The Balaban J connectivity index is 1.02. The summed E-state index contributed by atoms with van der Waals surface area (Å²) in [5.74, 6) is 0. The average molecular weight is 769 g/mol. The highest BCUT2D eigenvalue weighted by Crippen LogP contribution is 2.49. The number of fused-ring (bicyclic) bond motifs is 9. The second-order valence-corrected chi connectivity index (χ2v) is 16.3. The van der Waals surface area contributed by atoms with E-state index in [9.17, 15) is 0 Å². The molecule has 0 aliphatic rings. The molecule has 0 spiro atoms. The maximum absolute atomic E-state index is 2.44. The molecule has 2 nitrogen and oxygen atoms in total. The van der Waals surface area contributed by atoms with Gasteiger partial charge < -0.3 is 9.47 Å². The Morgan fingerprint density at radius 2 is 0.966 bits per heavy atom. The Bertz CT molecular complexity index is 3500. The number of nitrogens with zero attached hydrogens (tertiary/aromatic N) is 2. The van der Waals surface area contributed by atoms with Crippen molar-refractivity contribution in [1.29, 1.82) is 0 Å².